The molecule has 2 amide bonds. The van der Waals surface area contributed by atoms with Gasteiger partial charge in [-0.2, -0.15) is 0 Å². The Morgan fingerprint density at radius 3 is 2.65 bits per heavy atom. The van der Waals surface area contributed by atoms with Crippen LogP contribution in [0.4, 0.5) is 5.69 Å². The van der Waals surface area contributed by atoms with Crippen molar-refractivity contribution in [3.05, 3.63) is 29.8 Å². The van der Waals surface area contributed by atoms with E-state index in [2.05, 4.69) is 37.2 Å². The Labute approximate surface area is 156 Å². The van der Waals surface area contributed by atoms with Crippen molar-refractivity contribution in [2.24, 2.45) is 5.92 Å². The van der Waals surface area contributed by atoms with Crippen LogP contribution in [-0.4, -0.2) is 49.4 Å². The molecule has 2 atom stereocenters. The number of amides is 2. The van der Waals surface area contributed by atoms with Gasteiger partial charge in [-0.3, -0.25) is 9.59 Å². The maximum atomic E-state index is 12.7. The number of rotatable bonds is 5. The summed E-state index contributed by atoms with van der Waals surface area (Å²) in [5.74, 6) is 0.249. The number of para-hydroxylation sites is 1. The first kappa shape index (κ1) is 18.9. The van der Waals surface area contributed by atoms with Gasteiger partial charge in [0.15, 0.2) is 0 Å². The number of anilines is 1. The van der Waals surface area contributed by atoms with Crippen LogP contribution in [0.3, 0.4) is 0 Å². The first-order chi connectivity index (χ1) is 12.5. The number of hydrogen-bond donors (Lipinski definition) is 1. The van der Waals surface area contributed by atoms with Gasteiger partial charge in [-0.1, -0.05) is 32.0 Å². The van der Waals surface area contributed by atoms with Gasteiger partial charge in [-0.25, -0.2) is 0 Å². The third-order valence-corrected chi connectivity index (χ3v) is 5.93. The number of hydrogen-bond acceptors (Lipinski definition) is 3. The summed E-state index contributed by atoms with van der Waals surface area (Å²) in [5, 5.41) is 3.18. The largest absolute Gasteiger partial charge is 0.353 e. The van der Waals surface area contributed by atoms with E-state index in [0.717, 1.165) is 38.0 Å². The Balaban J connectivity index is 1.66. The molecule has 0 radical (unpaired) electrons. The molecule has 2 aliphatic rings. The minimum atomic E-state index is -0.243. The second-order valence-electron chi connectivity index (χ2n) is 7.86. The van der Waals surface area contributed by atoms with E-state index in [0.29, 0.717) is 18.9 Å². The Hall–Kier alpha value is -1.88. The van der Waals surface area contributed by atoms with Crippen LogP contribution in [0.15, 0.2) is 24.3 Å². The number of benzene rings is 1. The molecule has 0 spiro atoms. The van der Waals surface area contributed by atoms with Crippen molar-refractivity contribution in [3.63, 3.8) is 0 Å². The highest BCUT2D eigenvalue weighted by Gasteiger charge is 2.37. The molecular weight excluding hydrogens is 326 g/mol. The number of carbonyl (C=O) groups excluding carboxylic acids is 2. The summed E-state index contributed by atoms with van der Waals surface area (Å²) >= 11 is 0. The van der Waals surface area contributed by atoms with E-state index in [-0.39, 0.29) is 23.8 Å². The molecule has 2 fully saturated rings. The maximum Gasteiger partial charge on any atom is 0.227 e. The van der Waals surface area contributed by atoms with Crippen LogP contribution in [0.5, 0.6) is 0 Å². The van der Waals surface area contributed by atoms with Gasteiger partial charge >= 0.3 is 0 Å². The Bertz CT molecular complexity index is 652. The van der Waals surface area contributed by atoms with Crippen LogP contribution in [0.1, 0.15) is 51.0 Å². The molecule has 0 aliphatic carbocycles. The fraction of sp³-hybridized carbons (Fsp3) is 0.619. The van der Waals surface area contributed by atoms with Gasteiger partial charge in [0.1, 0.15) is 0 Å². The molecule has 2 saturated heterocycles. The highest BCUT2D eigenvalue weighted by atomic mass is 16.2. The second kappa shape index (κ2) is 8.21. The summed E-state index contributed by atoms with van der Waals surface area (Å²) in [6.45, 7) is 6.87. The Morgan fingerprint density at radius 1 is 1.27 bits per heavy atom. The van der Waals surface area contributed by atoms with Crippen molar-refractivity contribution in [2.45, 2.75) is 51.5 Å². The predicted molar refractivity (Wildman–Crippen MR) is 104 cm³/mol. The predicted octanol–water partition coefficient (Wildman–Crippen LogP) is 2.76. The summed E-state index contributed by atoms with van der Waals surface area (Å²) in [7, 11) is 2.11. The topological polar surface area (TPSA) is 52.7 Å². The first-order valence-corrected chi connectivity index (χ1v) is 9.87. The summed E-state index contributed by atoms with van der Waals surface area (Å²) in [6, 6.07) is 8.35. The molecule has 5 heteroatoms. The zero-order valence-corrected chi connectivity index (χ0v) is 16.2. The van der Waals surface area contributed by atoms with Crippen LogP contribution in [0.2, 0.25) is 0 Å². The van der Waals surface area contributed by atoms with Gasteiger partial charge < -0.3 is 15.1 Å². The first-order valence-electron chi connectivity index (χ1n) is 9.87. The van der Waals surface area contributed by atoms with E-state index in [1.165, 1.54) is 5.56 Å². The zero-order chi connectivity index (χ0) is 18.7. The average molecular weight is 357 g/mol. The molecule has 142 valence electrons. The Kier molecular flexibility index (Phi) is 5.97. The highest BCUT2D eigenvalue weighted by Crippen LogP contribution is 2.33. The van der Waals surface area contributed by atoms with E-state index in [1.54, 1.807) is 0 Å². The van der Waals surface area contributed by atoms with Crippen molar-refractivity contribution >= 4 is 17.5 Å². The van der Waals surface area contributed by atoms with Crippen molar-refractivity contribution in [3.8, 4) is 0 Å². The molecule has 1 aromatic rings. The fourth-order valence-corrected chi connectivity index (χ4v) is 3.96. The summed E-state index contributed by atoms with van der Waals surface area (Å²) in [6.07, 6.45) is 3.32. The van der Waals surface area contributed by atoms with Gasteiger partial charge in [-0.15, -0.1) is 0 Å². The van der Waals surface area contributed by atoms with Crippen molar-refractivity contribution in [1.29, 1.82) is 0 Å². The molecule has 1 N–H and O–H groups in total. The lowest BCUT2D eigenvalue weighted by molar-refractivity contribution is -0.127. The summed E-state index contributed by atoms with van der Waals surface area (Å²) in [5.41, 5.74) is 2.17. The van der Waals surface area contributed by atoms with E-state index < -0.39 is 0 Å². The van der Waals surface area contributed by atoms with Gasteiger partial charge in [0.2, 0.25) is 11.8 Å². The van der Waals surface area contributed by atoms with Crippen LogP contribution in [0.25, 0.3) is 0 Å². The van der Waals surface area contributed by atoms with E-state index in [9.17, 15) is 9.59 Å². The van der Waals surface area contributed by atoms with Gasteiger partial charge in [-0.05, 0) is 56.9 Å². The standard InChI is InChI=1S/C21H31N3O2/c1-4-15(2)18-7-5-6-8-19(18)24-14-16(13-20(24)25)21(26)22-17-9-11-23(3)12-10-17/h5-8,15-17H,4,9-14H2,1-3H3,(H,22,26). The molecule has 0 saturated carbocycles. The second-order valence-corrected chi connectivity index (χ2v) is 7.86. The molecule has 5 nitrogen and oxygen atoms in total. The van der Waals surface area contributed by atoms with E-state index in [4.69, 9.17) is 0 Å². The number of carbonyl (C=O) groups is 2. The number of nitrogens with zero attached hydrogens (tertiary/aromatic N) is 2. The van der Waals surface area contributed by atoms with E-state index in [1.807, 2.05) is 23.1 Å². The summed E-state index contributed by atoms with van der Waals surface area (Å²) in [4.78, 5) is 29.4. The van der Waals surface area contributed by atoms with Gasteiger partial charge in [0.05, 0.1) is 5.92 Å². The van der Waals surface area contributed by atoms with E-state index >= 15 is 0 Å². The molecule has 1 aromatic carbocycles. The minimum absolute atomic E-state index is 0.0384. The number of nitrogens with one attached hydrogen (secondary N) is 1. The lowest BCUT2D eigenvalue weighted by Crippen LogP contribution is -2.45. The molecule has 26 heavy (non-hydrogen) atoms. The average Bonchev–Trinajstić information content (AvgIpc) is 3.04. The monoisotopic (exact) mass is 357 g/mol. The molecule has 0 bridgehead atoms. The lowest BCUT2D eigenvalue weighted by atomic mass is 9.96. The zero-order valence-electron chi connectivity index (χ0n) is 16.2. The quantitative estimate of drug-likeness (QED) is 0.882. The SMILES string of the molecule is CCC(C)c1ccccc1N1CC(C(=O)NC2CCN(C)CC2)CC1=O. The van der Waals surface area contributed by atoms with Crippen LogP contribution >= 0.6 is 0 Å². The van der Waals surface area contributed by atoms with Crippen LogP contribution in [0, 0.1) is 5.92 Å². The molecular formula is C21H31N3O2. The fourth-order valence-electron chi connectivity index (χ4n) is 3.96. The Morgan fingerprint density at radius 2 is 1.96 bits per heavy atom. The van der Waals surface area contributed by atoms with Gasteiger partial charge in [0.25, 0.3) is 0 Å². The maximum absolute atomic E-state index is 12.7. The van der Waals surface area contributed by atoms with Crippen molar-refractivity contribution in [1.82, 2.24) is 10.2 Å². The number of likely N-dealkylation sites (tertiary alicyclic amines) is 1. The molecule has 3 rings (SSSR count). The highest BCUT2D eigenvalue weighted by molar-refractivity contribution is 6.01. The lowest BCUT2D eigenvalue weighted by Gasteiger charge is -2.30. The van der Waals surface area contributed by atoms with Crippen molar-refractivity contribution in [2.75, 3.05) is 31.6 Å². The third kappa shape index (κ3) is 4.09. The van der Waals surface area contributed by atoms with Gasteiger partial charge in [0, 0.05) is 24.7 Å². The summed E-state index contributed by atoms with van der Waals surface area (Å²) < 4.78 is 0. The number of piperidine rings is 1. The smallest absolute Gasteiger partial charge is 0.227 e. The molecule has 2 aliphatic heterocycles. The van der Waals surface area contributed by atoms with Crippen LogP contribution < -0.4 is 10.2 Å². The van der Waals surface area contributed by atoms with Crippen LogP contribution in [-0.2, 0) is 9.59 Å². The van der Waals surface area contributed by atoms with Crippen molar-refractivity contribution < 1.29 is 9.59 Å². The molecule has 0 aromatic heterocycles. The molecule has 2 heterocycles. The normalized spacial score (nSPS) is 23.3. The molecule has 2 unspecified atom stereocenters. The third-order valence-electron chi connectivity index (χ3n) is 5.93. The minimum Gasteiger partial charge on any atom is -0.353 e.